The Morgan fingerprint density at radius 1 is 1.30 bits per heavy atom. The third kappa shape index (κ3) is 3.46. The molecule has 0 radical (unpaired) electrons. The number of halogens is 1. The summed E-state index contributed by atoms with van der Waals surface area (Å²) in [6.07, 6.45) is 4.88. The van der Waals surface area contributed by atoms with Crippen LogP contribution in [0.3, 0.4) is 0 Å². The van der Waals surface area contributed by atoms with Gasteiger partial charge in [0.2, 0.25) is 0 Å². The van der Waals surface area contributed by atoms with Crippen molar-refractivity contribution in [1.29, 1.82) is 0 Å². The van der Waals surface area contributed by atoms with Gasteiger partial charge in [0, 0.05) is 43.0 Å². The number of aliphatic hydroxyl groups is 1. The molecule has 1 aliphatic heterocycles. The predicted molar refractivity (Wildman–Crippen MR) is 83.3 cm³/mol. The van der Waals surface area contributed by atoms with Gasteiger partial charge in [-0.3, -0.25) is 0 Å². The largest absolute Gasteiger partial charge is 0.396 e. The van der Waals surface area contributed by atoms with Crippen molar-refractivity contribution in [3.8, 4) is 0 Å². The van der Waals surface area contributed by atoms with Gasteiger partial charge < -0.3 is 15.3 Å². The third-order valence-electron chi connectivity index (χ3n) is 4.32. The van der Waals surface area contributed by atoms with E-state index >= 15 is 0 Å². The molecule has 2 N–H and O–H groups in total. The van der Waals surface area contributed by atoms with Gasteiger partial charge >= 0.3 is 0 Å². The van der Waals surface area contributed by atoms with E-state index in [0.717, 1.165) is 37.5 Å². The fourth-order valence-electron chi connectivity index (χ4n) is 2.96. The van der Waals surface area contributed by atoms with E-state index in [-0.39, 0.29) is 6.61 Å². The molecule has 1 aliphatic carbocycles. The third-order valence-corrected chi connectivity index (χ3v) is 4.56. The molecule has 1 saturated carbocycles. The first-order valence-electron chi connectivity index (χ1n) is 7.64. The minimum atomic E-state index is 0.284. The van der Waals surface area contributed by atoms with Crippen molar-refractivity contribution in [3.63, 3.8) is 0 Å². The van der Waals surface area contributed by atoms with Crippen LogP contribution in [-0.4, -0.2) is 30.8 Å². The first-order valence-corrected chi connectivity index (χ1v) is 8.01. The summed E-state index contributed by atoms with van der Waals surface area (Å²) in [7, 11) is 0. The van der Waals surface area contributed by atoms with Gasteiger partial charge in [-0.15, -0.1) is 0 Å². The van der Waals surface area contributed by atoms with E-state index in [2.05, 4.69) is 22.3 Å². The second-order valence-electron chi connectivity index (χ2n) is 6.07. The van der Waals surface area contributed by atoms with Crippen LogP contribution in [0.4, 0.5) is 5.69 Å². The van der Waals surface area contributed by atoms with E-state index in [1.54, 1.807) is 0 Å². The fraction of sp³-hybridized carbons (Fsp3) is 0.625. The van der Waals surface area contributed by atoms with Gasteiger partial charge in [0.15, 0.2) is 0 Å². The highest BCUT2D eigenvalue weighted by atomic mass is 35.5. The molecule has 2 aliphatic rings. The summed E-state index contributed by atoms with van der Waals surface area (Å²) in [5, 5.41) is 13.8. The predicted octanol–water partition coefficient (Wildman–Crippen LogP) is 2.80. The maximum atomic E-state index is 9.40. The lowest BCUT2D eigenvalue weighted by atomic mass is 9.97. The SMILES string of the molecule is OCC1CCCN(c2cc(Cl)ccc2CNC2CC2)C1. The topological polar surface area (TPSA) is 35.5 Å². The van der Waals surface area contributed by atoms with E-state index in [4.69, 9.17) is 11.6 Å². The van der Waals surface area contributed by atoms with E-state index in [1.165, 1.54) is 24.1 Å². The van der Waals surface area contributed by atoms with Crippen LogP contribution in [-0.2, 0) is 6.54 Å². The summed E-state index contributed by atoms with van der Waals surface area (Å²) >= 11 is 6.18. The zero-order valence-electron chi connectivity index (χ0n) is 11.8. The monoisotopic (exact) mass is 294 g/mol. The Kier molecular flexibility index (Phi) is 4.49. The standard InChI is InChI=1S/C16H23ClN2O/c17-14-4-3-13(9-18-15-5-6-15)16(8-14)19-7-1-2-12(10-19)11-20/h3-4,8,12,15,18,20H,1-2,5-7,9-11H2. The van der Waals surface area contributed by atoms with Gasteiger partial charge in [-0.05, 0) is 49.3 Å². The molecule has 3 nitrogen and oxygen atoms in total. The second-order valence-corrected chi connectivity index (χ2v) is 6.50. The molecule has 1 unspecified atom stereocenters. The van der Waals surface area contributed by atoms with Gasteiger partial charge in [0.25, 0.3) is 0 Å². The number of nitrogens with one attached hydrogen (secondary N) is 1. The molecule has 110 valence electrons. The number of anilines is 1. The highest BCUT2D eigenvalue weighted by molar-refractivity contribution is 6.30. The molecule has 0 aromatic heterocycles. The highest BCUT2D eigenvalue weighted by Gasteiger charge is 2.23. The lowest BCUT2D eigenvalue weighted by Crippen LogP contribution is -2.37. The zero-order valence-corrected chi connectivity index (χ0v) is 12.6. The lowest BCUT2D eigenvalue weighted by Gasteiger charge is -2.35. The summed E-state index contributed by atoms with van der Waals surface area (Å²) < 4.78 is 0. The average Bonchev–Trinajstić information content (AvgIpc) is 3.30. The second kappa shape index (κ2) is 6.33. The molecule has 1 heterocycles. The van der Waals surface area contributed by atoms with Gasteiger partial charge in [0.05, 0.1) is 0 Å². The first-order chi connectivity index (χ1) is 9.76. The Labute approximate surface area is 125 Å². The molecular formula is C16H23ClN2O. The summed E-state index contributed by atoms with van der Waals surface area (Å²) in [6.45, 7) is 3.20. The van der Waals surface area contributed by atoms with Crippen molar-refractivity contribution >= 4 is 17.3 Å². The highest BCUT2D eigenvalue weighted by Crippen LogP contribution is 2.30. The molecule has 1 aromatic carbocycles. The molecule has 0 amide bonds. The van der Waals surface area contributed by atoms with Gasteiger partial charge in [-0.1, -0.05) is 17.7 Å². The van der Waals surface area contributed by atoms with Crippen molar-refractivity contribution in [2.75, 3.05) is 24.6 Å². The lowest BCUT2D eigenvalue weighted by molar-refractivity contribution is 0.208. The molecule has 1 saturated heterocycles. The Morgan fingerprint density at radius 2 is 2.15 bits per heavy atom. The Morgan fingerprint density at radius 3 is 2.90 bits per heavy atom. The number of hydrogen-bond donors (Lipinski definition) is 2. The van der Waals surface area contributed by atoms with Crippen molar-refractivity contribution < 1.29 is 5.11 Å². The Hall–Kier alpha value is -0.770. The number of piperidine rings is 1. The summed E-state index contributed by atoms with van der Waals surface area (Å²) in [5.41, 5.74) is 2.56. The molecule has 2 fully saturated rings. The van der Waals surface area contributed by atoms with Gasteiger partial charge in [0.1, 0.15) is 0 Å². The Balaban J connectivity index is 1.76. The molecule has 1 aromatic rings. The van der Waals surface area contributed by atoms with Crippen molar-refractivity contribution in [3.05, 3.63) is 28.8 Å². The quantitative estimate of drug-likeness (QED) is 0.876. The molecular weight excluding hydrogens is 272 g/mol. The smallest absolute Gasteiger partial charge is 0.0476 e. The van der Waals surface area contributed by atoms with Crippen LogP contribution in [0.15, 0.2) is 18.2 Å². The Bertz CT molecular complexity index is 462. The molecule has 20 heavy (non-hydrogen) atoms. The van der Waals surface area contributed by atoms with Crippen LogP contribution in [0, 0.1) is 5.92 Å². The van der Waals surface area contributed by atoms with Crippen LogP contribution in [0.5, 0.6) is 0 Å². The molecule has 0 spiro atoms. The van der Waals surface area contributed by atoms with Crippen LogP contribution in [0.2, 0.25) is 5.02 Å². The minimum absolute atomic E-state index is 0.284. The number of hydrogen-bond acceptors (Lipinski definition) is 3. The summed E-state index contributed by atoms with van der Waals surface area (Å²) in [4.78, 5) is 2.39. The first kappa shape index (κ1) is 14.2. The van der Waals surface area contributed by atoms with E-state index in [9.17, 15) is 5.11 Å². The summed E-state index contributed by atoms with van der Waals surface area (Å²) in [5.74, 6) is 0.395. The fourth-order valence-corrected chi connectivity index (χ4v) is 3.12. The van der Waals surface area contributed by atoms with E-state index in [0.29, 0.717) is 12.0 Å². The van der Waals surface area contributed by atoms with Crippen LogP contribution >= 0.6 is 11.6 Å². The average molecular weight is 295 g/mol. The molecule has 4 heteroatoms. The zero-order chi connectivity index (χ0) is 13.9. The van der Waals surface area contributed by atoms with Crippen molar-refractivity contribution in [2.24, 2.45) is 5.92 Å². The number of benzene rings is 1. The number of nitrogens with zero attached hydrogens (tertiary/aromatic N) is 1. The maximum absolute atomic E-state index is 9.40. The maximum Gasteiger partial charge on any atom is 0.0476 e. The van der Waals surface area contributed by atoms with Crippen LogP contribution in [0.25, 0.3) is 0 Å². The number of rotatable bonds is 5. The molecule has 1 atom stereocenters. The van der Waals surface area contributed by atoms with Crippen LogP contribution in [0.1, 0.15) is 31.2 Å². The minimum Gasteiger partial charge on any atom is -0.396 e. The van der Waals surface area contributed by atoms with E-state index < -0.39 is 0 Å². The van der Waals surface area contributed by atoms with Crippen molar-refractivity contribution in [2.45, 2.75) is 38.3 Å². The number of aliphatic hydroxyl groups excluding tert-OH is 1. The van der Waals surface area contributed by atoms with Crippen molar-refractivity contribution in [1.82, 2.24) is 5.32 Å². The normalized spacial score (nSPS) is 23.1. The van der Waals surface area contributed by atoms with Gasteiger partial charge in [-0.25, -0.2) is 0 Å². The molecule has 3 rings (SSSR count). The van der Waals surface area contributed by atoms with Gasteiger partial charge in [-0.2, -0.15) is 0 Å². The molecule has 0 bridgehead atoms. The van der Waals surface area contributed by atoms with E-state index in [1.807, 2.05) is 6.07 Å². The van der Waals surface area contributed by atoms with Crippen LogP contribution < -0.4 is 10.2 Å². The summed E-state index contributed by atoms with van der Waals surface area (Å²) in [6, 6.07) is 6.90.